The van der Waals surface area contributed by atoms with Gasteiger partial charge in [0.2, 0.25) is 11.8 Å². The van der Waals surface area contributed by atoms with Crippen molar-refractivity contribution in [2.24, 2.45) is 11.8 Å². The maximum Gasteiger partial charge on any atom is 0.230 e. The third kappa shape index (κ3) is 2.67. The summed E-state index contributed by atoms with van der Waals surface area (Å²) in [5, 5.41) is 3.53. The first-order valence-corrected chi connectivity index (χ1v) is 9.65. The van der Waals surface area contributed by atoms with Crippen molar-refractivity contribution in [3.8, 4) is 0 Å². The minimum atomic E-state index is -0.721. The minimum Gasteiger partial charge on any atom is -0.467 e. The maximum atomic E-state index is 13.1. The molecule has 28 heavy (non-hydrogen) atoms. The molecule has 4 heterocycles. The molecule has 2 fully saturated rings. The van der Waals surface area contributed by atoms with Crippen LogP contribution in [0, 0.1) is 11.8 Å². The Labute approximate surface area is 167 Å². The van der Waals surface area contributed by atoms with E-state index in [9.17, 15) is 9.59 Å². The number of furan rings is 1. The van der Waals surface area contributed by atoms with Gasteiger partial charge in [-0.05, 0) is 23.8 Å². The summed E-state index contributed by atoms with van der Waals surface area (Å²) >= 11 is 6.17. The van der Waals surface area contributed by atoms with E-state index in [1.165, 1.54) is 0 Å². The van der Waals surface area contributed by atoms with Gasteiger partial charge in [-0.1, -0.05) is 42.0 Å². The van der Waals surface area contributed by atoms with Crippen LogP contribution in [0.25, 0.3) is 0 Å². The third-order valence-electron chi connectivity index (χ3n) is 5.82. The number of amides is 2. The minimum absolute atomic E-state index is 0.0684. The highest BCUT2D eigenvalue weighted by Gasteiger charge is 2.66. The first-order chi connectivity index (χ1) is 13.6. The zero-order chi connectivity index (χ0) is 19.3. The summed E-state index contributed by atoms with van der Waals surface area (Å²) < 4.78 is 11.5. The molecule has 144 valence electrons. The Kier molecular flexibility index (Phi) is 4.07. The quantitative estimate of drug-likeness (QED) is 0.785. The molecule has 1 aromatic heterocycles. The zero-order valence-corrected chi connectivity index (χ0v) is 15.8. The van der Waals surface area contributed by atoms with Gasteiger partial charge in [0, 0.05) is 11.6 Å². The second-order valence-corrected chi connectivity index (χ2v) is 7.89. The number of benzene rings is 1. The van der Waals surface area contributed by atoms with Crippen LogP contribution in [-0.2, 0) is 27.4 Å². The topological polar surface area (TPSA) is 71.8 Å². The number of rotatable bonds is 5. The lowest BCUT2D eigenvalue weighted by Gasteiger charge is -2.23. The molecule has 2 amide bonds. The van der Waals surface area contributed by atoms with E-state index in [1.54, 1.807) is 23.3 Å². The van der Waals surface area contributed by atoms with E-state index in [2.05, 4.69) is 5.32 Å². The highest BCUT2D eigenvalue weighted by molar-refractivity contribution is 6.31. The smallest absolute Gasteiger partial charge is 0.230 e. The van der Waals surface area contributed by atoms with Gasteiger partial charge in [0.25, 0.3) is 0 Å². The van der Waals surface area contributed by atoms with Crippen LogP contribution >= 0.6 is 11.6 Å². The molecule has 5 rings (SSSR count). The van der Waals surface area contributed by atoms with Crippen LogP contribution in [-0.4, -0.2) is 35.0 Å². The van der Waals surface area contributed by atoms with Crippen LogP contribution < -0.4 is 5.32 Å². The highest BCUT2D eigenvalue weighted by Crippen LogP contribution is 2.52. The Hall–Kier alpha value is -2.57. The van der Waals surface area contributed by atoms with Gasteiger partial charge >= 0.3 is 0 Å². The summed E-state index contributed by atoms with van der Waals surface area (Å²) in [6.07, 6.45) is 5.06. The molecule has 7 heteroatoms. The molecule has 1 aromatic carbocycles. The second kappa shape index (κ2) is 6.50. The number of halogens is 1. The summed E-state index contributed by atoms with van der Waals surface area (Å²) in [5.41, 5.74) is 0.116. The molecular weight excluding hydrogens is 380 g/mol. The molecule has 2 saturated heterocycles. The predicted octanol–water partition coefficient (Wildman–Crippen LogP) is 2.53. The molecule has 1 N–H and O–H groups in total. The van der Waals surface area contributed by atoms with E-state index in [0.717, 1.165) is 5.56 Å². The van der Waals surface area contributed by atoms with Crippen molar-refractivity contribution in [1.29, 1.82) is 0 Å². The Morgan fingerprint density at radius 2 is 2.14 bits per heavy atom. The fraction of sp³-hybridized carbons (Fsp3) is 0.333. The van der Waals surface area contributed by atoms with Crippen molar-refractivity contribution in [1.82, 2.24) is 10.2 Å². The van der Waals surface area contributed by atoms with Gasteiger partial charge in [-0.25, -0.2) is 0 Å². The summed E-state index contributed by atoms with van der Waals surface area (Å²) in [5.74, 6) is -0.594. The molecule has 3 aliphatic rings. The van der Waals surface area contributed by atoms with Gasteiger partial charge in [-0.3, -0.25) is 9.59 Å². The van der Waals surface area contributed by atoms with Gasteiger partial charge < -0.3 is 19.4 Å². The van der Waals surface area contributed by atoms with Crippen molar-refractivity contribution in [3.05, 3.63) is 71.2 Å². The van der Waals surface area contributed by atoms with Crippen molar-refractivity contribution < 1.29 is 18.7 Å². The van der Waals surface area contributed by atoms with E-state index in [4.69, 9.17) is 20.8 Å². The lowest BCUT2D eigenvalue weighted by molar-refractivity contribution is -0.138. The maximum absolute atomic E-state index is 13.1. The van der Waals surface area contributed by atoms with Crippen LogP contribution in [0.4, 0.5) is 0 Å². The fourth-order valence-corrected chi connectivity index (χ4v) is 4.75. The van der Waals surface area contributed by atoms with Crippen LogP contribution in [0.15, 0.2) is 59.2 Å². The molecule has 2 aromatic rings. The van der Waals surface area contributed by atoms with Crippen LogP contribution in [0.5, 0.6) is 0 Å². The summed E-state index contributed by atoms with van der Waals surface area (Å²) in [4.78, 5) is 27.8. The molecule has 0 unspecified atom stereocenters. The average Bonchev–Trinajstić information content (AvgIpc) is 3.44. The Morgan fingerprint density at radius 1 is 1.29 bits per heavy atom. The lowest BCUT2D eigenvalue weighted by Crippen LogP contribution is -2.43. The molecule has 0 saturated carbocycles. The van der Waals surface area contributed by atoms with Gasteiger partial charge in [-0.2, -0.15) is 0 Å². The largest absolute Gasteiger partial charge is 0.467 e. The molecule has 2 bridgehead atoms. The Bertz CT molecular complexity index is 957. The standard InChI is InChI=1S/C21H19ClN2O4/c22-15-6-2-1-4-13(15)10-23-19(25)17-16-7-8-21(28-16)12-24(20(26)18(17)21)11-14-5-3-9-27-14/h1-9,16-18H,10-12H2,(H,23,25)/t16-,17+,18-,21+/m1/s1. The number of carbonyl (C=O) groups is 2. The number of nitrogens with zero attached hydrogens (tertiary/aromatic N) is 1. The number of ether oxygens (including phenoxy) is 1. The molecule has 3 aliphatic heterocycles. The first-order valence-electron chi connectivity index (χ1n) is 9.27. The zero-order valence-electron chi connectivity index (χ0n) is 15.0. The van der Waals surface area contributed by atoms with Crippen LogP contribution in [0.3, 0.4) is 0 Å². The van der Waals surface area contributed by atoms with Gasteiger partial charge in [-0.15, -0.1) is 0 Å². The molecule has 4 atom stereocenters. The van der Waals surface area contributed by atoms with Crippen molar-refractivity contribution in [3.63, 3.8) is 0 Å². The van der Waals surface area contributed by atoms with Gasteiger partial charge in [0.1, 0.15) is 11.4 Å². The van der Waals surface area contributed by atoms with Gasteiger partial charge in [0.15, 0.2) is 0 Å². The van der Waals surface area contributed by atoms with E-state index in [0.29, 0.717) is 30.4 Å². The van der Waals surface area contributed by atoms with Crippen LogP contribution in [0.1, 0.15) is 11.3 Å². The number of nitrogens with one attached hydrogen (secondary N) is 1. The number of likely N-dealkylation sites (tertiary alicyclic amines) is 1. The van der Waals surface area contributed by atoms with Gasteiger partial charge in [0.05, 0.1) is 37.3 Å². The number of hydrogen-bond acceptors (Lipinski definition) is 4. The Balaban J connectivity index is 1.33. The van der Waals surface area contributed by atoms with E-state index in [1.807, 2.05) is 36.4 Å². The molecule has 0 radical (unpaired) electrons. The first kappa shape index (κ1) is 17.5. The molecule has 0 aliphatic carbocycles. The SMILES string of the molecule is O=C(NCc1ccccc1Cl)[C@H]1[C@H]2C=C[C@@]3(CN(Cc4ccco4)C(=O)[C@@H]13)O2. The second-order valence-electron chi connectivity index (χ2n) is 7.48. The molecule has 6 nitrogen and oxygen atoms in total. The third-order valence-corrected chi connectivity index (χ3v) is 6.19. The van der Waals surface area contributed by atoms with Crippen molar-refractivity contribution in [2.45, 2.75) is 24.8 Å². The van der Waals surface area contributed by atoms with E-state index < -0.39 is 17.4 Å². The normalized spacial score (nSPS) is 30.1. The fourth-order valence-electron chi connectivity index (χ4n) is 4.54. The van der Waals surface area contributed by atoms with Crippen molar-refractivity contribution >= 4 is 23.4 Å². The van der Waals surface area contributed by atoms with Crippen LogP contribution in [0.2, 0.25) is 5.02 Å². The predicted molar refractivity (Wildman–Crippen MR) is 101 cm³/mol. The van der Waals surface area contributed by atoms with E-state index >= 15 is 0 Å². The summed E-state index contributed by atoms with van der Waals surface area (Å²) in [7, 11) is 0. The van der Waals surface area contributed by atoms with Crippen molar-refractivity contribution in [2.75, 3.05) is 6.54 Å². The summed E-state index contributed by atoms with van der Waals surface area (Å²) in [6, 6.07) is 11.0. The number of carbonyl (C=O) groups excluding carboxylic acids is 2. The average molecular weight is 399 g/mol. The lowest BCUT2D eigenvalue weighted by atomic mass is 9.77. The summed E-state index contributed by atoms with van der Waals surface area (Å²) in [6.45, 7) is 1.12. The number of fused-ring (bicyclic) bond motifs is 1. The Morgan fingerprint density at radius 3 is 2.93 bits per heavy atom. The monoisotopic (exact) mass is 398 g/mol. The number of hydrogen-bond donors (Lipinski definition) is 1. The molecule has 1 spiro atoms. The van der Waals surface area contributed by atoms with E-state index in [-0.39, 0.29) is 17.9 Å². The highest BCUT2D eigenvalue weighted by atomic mass is 35.5. The molecular formula is C21H19ClN2O4.